The molecule has 1 rings (SSSR count). The van der Waals surface area contributed by atoms with E-state index in [-0.39, 0.29) is 5.91 Å². The van der Waals surface area contributed by atoms with Gasteiger partial charge in [-0.15, -0.1) is 0 Å². The fraction of sp³-hybridized carbons (Fsp3) is 0.500. The van der Waals surface area contributed by atoms with Gasteiger partial charge in [0.15, 0.2) is 0 Å². The monoisotopic (exact) mass is 316 g/mol. The number of nitrogens with one attached hydrogen (secondary N) is 1. The fourth-order valence-electron chi connectivity index (χ4n) is 1.53. The molecule has 0 aliphatic carbocycles. The highest BCUT2D eigenvalue weighted by molar-refractivity contribution is 7.86. The van der Waals surface area contributed by atoms with Crippen molar-refractivity contribution in [3.05, 3.63) is 23.2 Å². The zero-order valence-corrected chi connectivity index (χ0v) is 13.6. The molecule has 112 valence electrons. The van der Waals surface area contributed by atoms with E-state index in [1.54, 1.807) is 25.1 Å². The number of carbonyl (C=O) groups excluding carboxylic acids is 1. The van der Waals surface area contributed by atoms with Crippen LogP contribution in [0.3, 0.4) is 0 Å². The molecule has 0 bridgehead atoms. The maximum absolute atomic E-state index is 12.1. The smallest absolute Gasteiger partial charge is 0.239 e. The molecule has 0 fully saturated rings. The summed E-state index contributed by atoms with van der Waals surface area (Å²) in [5.74, 6) is 0.574. The molecule has 0 aliphatic heterocycles. The van der Waals surface area contributed by atoms with Crippen LogP contribution in [0.2, 0.25) is 5.02 Å². The minimum absolute atomic E-state index is 0.293. The van der Waals surface area contributed by atoms with E-state index in [2.05, 4.69) is 5.32 Å². The Bertz CT molecular complexity index is 508. The average Bonchev–Trinajstić information content (AvgIpc) is 2.40. The van der Waals surface area contributed by atoms with Crippen molar-refractivity contribution in [3.8, 4) is 0 Å². The number of benzene rings is 1. The lowest BCUT2D eigenvalue weighted by Gasteiger charge is -2.15. The van der Waals surface area contributed by atoms with Crippen molar-refractivity contribution < 1.29 is 9.00 Å². The number of halogens is 1. The number of carbonyl (C=O) groups is 1. The van der Waals surface area contributed by atoms with Crippen molar-refractivity contribution in [2.75, 3.05) is 16.8 Å². The Kier molecular flexibility index (Phi) is 6.49. The molecule has 3 atom stereocenters. The average molecular weight is 317 g/mol. The molecule has 0 heterocycles. The zero-order valence-electron chi connectivity index (χ0n) is 12.0. The van der Waals surface area contributed by atoms with Gasteiger partial charge in [-0.1, -0.05) is 31.9 Å². The molecular formula is C14H21ClN2O2S. The SMILES string of the molecule is CCC(C)CS(=O)C(C)C(=O)Nc1ccc(N)cc1Cl. The van der Waals surface area contributed by atoms with E-state index >= 15 is 0 Å². The van der Waals surface area contributed by atoms with Crippen LogP contribution in [0.5, 0.6) is 0 Å². The Morgan fingerprint density at radius 1 is 1.45 bits per heavy atom. The molecule has 6 heteroatoms. The number of hydrogen-bond donors (Lipinski definition) is 2. The van der Waals surface area contributed by atoms with Crippen LogP contribution in [0.15, 0.2) is 18.2 Å². The van der Waals surface area contributed by atoms with E-state index in [0.717, 1.165) is 6.42 Å². The van der Waals surface area contributed by atoms with Crippen LogP contribution in [0.1, 0.15) is 27.2 Å². The number of nitrogens with two attached hydrogens (primary N) is 1. The lowest BCUT2D eigenvalue weighted by Crippen LogP contribution is -2.31. The van der Waals surface area contributed by atoms with Crippen LogP contribution >= 0.6 is 11.6 Å². The van der Waals surface area contributed by atoms with Gasteiger partial charge in [0.25, 0.3) is 0 Å². The summed E-state index contributed by atoms with van der Waals surface area (Å²) < 4.78 is 12.1. The van der Waals surface area contributed by atoms with E-state index in [1.165, 1.54) is 0 Å². The summed E-state index contributed by atoms with van der Waals surface area (Å²) >= 11 is 5.99. The summed E-state index contributed by atoms with van der Waals surface area (Å²) in [5, 5.41) is 2.49. The second kappa shape index (κ2) is 7.64. The fourth-order valence-corrected chi connectivity index (χ4v) is 3.15. The van der Waals surface area contributed by atoms with Gasteiger partial charge in [-0.25, -0.2) is 0 Å². The molecule has 1 aromatic rings. The van der Waals surface area contributed by atoms with Gasteiger partial charge >= 0.3 is 0 Å². The maximum atomic E-state index is 12.1. The number of nitrogen functional groups attached to an aromatic ring is 1. The van der Waals surface area contributed by atoms with Gasteiger partial charge in [0.05, 0.1) is 10.7 Å². The molecule has 1 aromatic carbocycles. The first kappa shape index (κ1) is 17.0. The van der Waals surface area contributed by atoms with Gasteiger partial charge in [0, 0.05) is 22.2 Å². The van der Waals surface area contributed by atoms with E-state index in [1.807, 2.05) is 13.8 Å². The van der Waals surface area contributed by atoms with Crippen molar-refractivity contribution in [3.63, 3.8) is 0 Å². The minimum atomic E-state index is -1.19. The molecule has 0 aromatic heterocycles. The molecule has 20 heavy (non-hydrogen) atoms. The first-order valence-corrected chi connectivity index (χ1v) is 8.34. The molecule has 3 unspecified atom stereocenters. The predicted molar refractivity (Wildman–Crippen MR) is 86.4 cm³/mol. The van der Waals surface area contributed by atoms with Gasteiger partial charge in [-0.3, -0.25) is 9.00 Å². The van der Waals surface area contributed by atoms with Crippen LogP contribution in [0, 0.1) is 5.92 Å². The Labute approximate surface area is 127 Å². The van der Waals surface area contributed by atoms with Crippen molar-refractivity contribution in [2.24, 2.45) is 5.92 Å². The van der Waals surface area contributed by atoms with Crippen LogP contribution in [-0.4, -0.2) is 21.1 Å². The van der Waals surface area contributed by atoms with Crippen LogP contribution < -0.4 is 11.1 Å². The Hall–Kier alpha value is -1.07. The van der Waals surface area contributed by atoms with Crippen molar-refractivity contribution in [1.82, 2.24) is 0 Å². The largest absolute Gasteiger partial charge is 0.399 e. The van der Waals surface area contributed by atoms with Crippen LogP contribution in [0.4, 0.5) is 11.4 Å². The second-order valence-electron chi connectivity index (χ2n) is 4.93. The molecule has 0 radical (unpaired) electrons. The number of hydrogen-bond acceptors (Lipinski definition) is 3. The Morgan fingerprint density at radius 3 is 2.65 bits per heavy atom. The topological polar surface area (TPSA) is 72.2 Å². The third-order valence-electron chi connectivity index (χ3n) is 3.16. The normalized spacial score (nSPS) is 15.4. The molecule has 1 amide bonds. The lowest BCUT2D eigenvalue weighted by atomic mass is 10.2. The highest BCUT2D eigenvalue weighted by atomic mass is 35.5. The Balaban J connectivity index is 2.68. The first-order chi connectivity index (χ1) is 9.35. The van der Waals surface area contributed by atoms with Gasteiger partial charge in [-0.2, -0.15) is 0 Å². The summed E-state index contributed by atoms with van der Waals surface area (Å²) in [5.41, 5.74) is 6.60. The summed E-state index contributed by atoms with van der Waals surface area (Å²) in [6, 6.07) is 4.86. The maximum Gasteiger partial charge on any atom is 0.239 e. The predicted octanol–water partition coefficient (Wildman–Crippen LogP) is 3.04. The minimum Gasteiger partial charge on any atom is -0.399 e. The molecule has 0 spiro atoms. The van der Waals surface area contributed by atoms with E-state index < -0.39 is 16.0 Å². The number of amides is 1. The van der Waals surface area contributed by atoms with Gasteiger partial charge in [0.1, 0.15) is 5.25 Å². The highest BCUT2D eigenvalue weighted by Gasteiger charge is 2.21. The second-order valence-corrected chi connectivity index (χ2v) is 7.14. The molecule has 0 aliphatic rings. The molecule has 3 N–H and O–H groups in total. The molecule has 0 saturated heterocycles. The van der Waals surface area contributed by atoms with Gasteiger partial charge < -0.3 is 11.1 Å². The summed E-state index contributed by atoms with van der Waals surface area (Å²) in [7, 11) is -1.19. The van der Waals surface area contributed by atoms with E-state index in [0.29, 0.717) is 28.1 Å². The third-order valence-corrected chi connectivity index (χ3v) is 5.37. The molecule has 4 nitrogen and oxygen atoms in total. The summed E-state index contributed by atoms with van der Waals surface area (Å²) in [4.78, 5) is 12.1. The van der Waals surface area contributed by atoms with Crippen molar-refractivity contribution in [2.45, 2.75) is 32.4 Å². The molecule has 0 saturated carbocycles. The van der Waals surface area contributed by atoms with Crippen LogP contribution in [-0.2, 0) is 15.6 Å². The zero-order chi connectivity index (χ0) is 15.3. The van der Waals surface area contributed by atoms with Crippen molar-refractivity contribution >= 4 is 39.7 Å². The van der Waals surface area contributed by atoms with Crippen LogP contribution in [0.25, 0.3) is 0 Å². The number of anilines is 2. The lowest BCUT2D eigenvalue weighted by molar-refractivity contribution is -0.115. The standard InChI is InChI=1S/C14H21ClN2O2S/c1-4-9(2)8-20(19)10(3)14(18)17-13-6-5-11(16)7-12(13)15/h5-7,9-10H,4,8,16H2,1-3H3,(H,17,18). The van der Waals surface area contributed by atoms with Crippen molar-refractivity contribution in [1.29, 1.82) is 0 Å². The van der Waals surface area contributed by atoms with E-state index in [4.69, 9.17) is 17.3 Å². The molecular weight excluding hydrogens is 296 g/mol. The summed E-state index contributed by atoms with van der Waals surface area (Å²) in [6.07, 6.45) is 0.948. The van der Waals surface area contributed by atoms with Gasteiger partial charge in [-0.05, 0) is 31.0 Å². The quantitative estimate of drug-likeness (QED) is 0.792. The first-order valence-electron chi connectivity index (χ1n) is 6.58. The summed E-state index contributed by atoms with van der Waals surface area (Å²) in [6.45, 7) is 5.74. The number of rotatable bonds is 6. The third kappa shape index (κ3) is 4.80. The Morgan fingerprint density at radius 2 is 2.10 bits per heavy atom. The highest BCUT2D eigenvalue weighted by Crippen LogP contribution is 2.24. The van der Waals surface area contributed by atoms with E-state index in [9.17, 15) is 9.00 Å². The van der Waals surface area contributed by atoms with Gasteiger partial charge in [0.2, 0.25) is 5.91 Å².